The first-order valence-corrected chi connectivity index (χ1v) is 7.54. The van der Waals surface area contributed by atoms with Gasteiger partial charge in [-0.2, -0.15) is 0 Å². The Labute approximate surface area is 111 Å². The third-order valence-corrected chi connectivity index (χ3v) is 4.91. The van der Waals surface area contributed by atoms with Crippen LogP contribution in [0.2, 0.25) is 0 Å². The van der Waals surface area contributed by atoms with E-state index in [9.17, 15) is 9.59 Å². The molecule has 0 bridgehead atoms. The third-order valence-electron chi connectivity index (χ3n) is 2.10. The molecule has 4 nitrogen and oxygen atoms in total. The van der Waals surface area contributed by atoms with Crippen LogP contribution in [0, 0.1) is 0 Å². The van der Waals surface area contributed by atoms with Crippen LogP contribution in [-0.2, 0) is 9.59 Å². The van der Waals surface area contributed by atoms with Gasteiger partial charge in [0.1, 0.15) is 4.71 Å². The molecule has 0 aromatic heterocycles. The van der Waals surface area contributed by atoms with Crippen LogP contribution in [0.1, 0.15) is 33.6 Å². The summed E-state index contributed by atoms with van der Waals surface area (Å²) in [5.74, 6) is 0.959. The van der Waals surface area contributed by atoms with Gasteiger partial charge in [-0.1, -0.05) is 25.1 Å². The van der Waals surface area contributed by atoms with Gasteiger partial charge in [-0.15, -0.1) is 11.8 Å². The minimum Gasteiger partial charge on any atom is -0.294 e. The number of hydrazine groups is 1. The van der Waals surface area contributed by atoms with Gasteiger partial charge < -0.3 is 0 Å². The fourth-order valence-electron chi connectivity index (χ4n) is 1.27. The molecule has 1 amide bonds. The van der Waals surface area contributed by atoms with Crippen LogP contribution in [0.25, 0.3) is 0 Å². The topological polar surface area (TPSA) is 49.4 Å². The molecule has 6 heteroatoms. The zero-order valence-electron chi connectivity index (χ0n) is 10.4. The first kappa shape index (κ1) is 14.4. The van der Waals surface area contributed by atoms with Crippen LogP contribution in [0.4, 0.5) is 0 Å². The second-order valence-corrected chi connectivity index (χ2v) is 6.38. The van der Waals surface area contributed by atoms with Crippen LogP contribution in [0.15, 0.2) is 11.1 Å². The van der Waals surface area contributed by atoms with Gasteiger partial charge in [0, 0.05) is 13.1 Å². The Kier molecular flexibility index (Phi) is 5.91. The lowest BCUT2D eigenvalue weighted by Crippen LogP contribution is -2.39. The number of ketones is 1. The Balaban J connectivity index is 2.57. The molecular formula is C11H18N2O2S2. The summed E-state index contributed by atoms with van der Waals surface area (Å²) < 4.78 is 0.0735. The summed E-state index contributed by atoms with van der Waals surface area (Å²) in [7, 11) is 0. The highest BCUT2D eigenvalue weighted by Crippen LogP contribution is 2.38. The number of allylic oxidation sites excluding steroid dienone is 1. The largest absolute Gasteiger partial charge is 0.294 e. The average Bonchev–Trinajstić information content (AvgIpc) is 2.61. The van der Waals surface area contributed by atoms with E-state index < -0.39 is 0 Å². The van der Waals surface area contributed by atoms with Gasteiger partial charge in [0.05, 0.1) is 4.91 Å². The van der Waals surface area contributed by atoms with Crippen molar-refractivity contribution in [2.75, 3.05) is 5.75 Å². The van der Waals surface area contributed by atoms with E-state index in [1.165, 1.54) is 18.7 Å². The van der Waals surface area contributed by atoms with Crippen molar-refractivity contribution in [3.8, 4) is 0 Å². The number of nitrogens with one attached hydrogen (secondary N) is 1. The van der Waals surface area contributed by atoms with Crippen LogP contribution in [-0.4, -0.2) is 27.2 Å². The number of carbonyl (C=O) groups is 2. The van der Waals surface area contributed by atoms with E-state index in [0.29, 0.717) is 4.91 Å². The molecule has 0 radical (unpaired) electrons. The number of rotatable bonds is 6. The summed E-state index contributed by atoms with van der Waals surface area (Å²) in [6.45, 7) is 5.16. The van der Waals surface area contributed by atoms with Crippen molar-refractivity contribution in [1.82, 2.24) is 10.4 Å². The summed E-state index contributed by atoms with van der Waals surface area (Å²) in [4.78, 5) is 23.1. The van der Waals surface area contributed by atoms with Gasteiger partial charge in [0.2, 0.25) is 5.91 Å². The average molecular weight is 274 g/mol. The fourth-order valence-corrected chi connectivity index (χ4v) is 3.85. The highest BCUT2D eigenvalue weighted by atomic mass is 32.2. The van der Waals surface area contributed by atoms with Crippen molar-refractivity contribution in [1.29, 1.82) is 0 Å². The zero-order valence-corrected chi connectivity index (χ0v) is 12.0. The molecule has 1 unspecified atom stereocenters. The molecule has 96 valence electrons. The molecule has 0 aliphatic carbocycles. The standard InChI is InChI=1S/C11H18N2O2S2/c1-4-5-6-16-11-13(12-9(3)15)7-10(17-11)8(2)14/h7,11H,4-6H2,1-3H3,(H,12,15). The molecule has 1 atom stereocenters. The summed E-state index contributed by atoms with van der Waals surface area (Å²) in [5.41, 5.74) is 2.73. The Morgan fingerprint density at radius 2 is 2.24 bits per heavy atom. The Hall–Kier alpha value is -0.620. The molecule has 17 heavy (non-hydrogen) atoms. The number of nitrogens with zero attached hydrogens (tertiary/aromatic N) is 1. The zero-order chi connectivity index (χ0) is 12.8. The minimum atomic E-state index is -0.118. The van der Waals surface area contributed by atoms with E-state index in [1.807, 2.05) is 0 Å². The molecular weight excluding hydrogens is 256 g/mol. The summed E-state index contributed by atoms with van der Waals surface area (Å²) in [6, 6.07) is 0. The van der Waals surface area contributed by atoms with Crippen molar-refractivity contribution in [3.05, 3.63) is 11.1 Å². The van der Waals surface area contributed by atoms with Gasteiger partial charge in [0.25, 0.3) is 0 Å². The predicted octanol–water partition coefficient (Wildman–Crippen LogP) is 2.33. The van der Waals surface area contributed by atoms with Crippen molar-refractivity contribution < 1.29 is 9.59 Å². The molecule has 1 aliphatic heterocycles. The third kappa shape index (κ3) is 4.63. The van der Waals surface area contributed by atoms with E-state index in [4.69, 9.17) is 0 Å². The van der Waals surface area contributed by atoms with Crippen LogP contribution in [0.3, 0.4) is 0 Å². The fraction of sp³-hybridized carbons (Fsp3) is 0.636. The van der Waals surface area contributed by atoms with E-state index >= 15 is 0 Å². The maximum atomic E-state index is 11.3. The van der Waals surface area contributed by atoms with E-state index in [0.717, 1.165) is 18.6 Å². The summed E-state index contributed by atoms with van der Waals surface area (Å²) in [6.07, 6.45) is 4.01. The molecule has 0 saturated heterocycles. The quantitative estimate of drug-likeness (QED) is 0.753. The van der Waals surface area contributed by atoms with Crippen LogP contribution in [0.5, 0.6) is 0 Å². The Morgan fingerprint density at radius 3 is 2.76 bits per heavy atom. The molecule has 0 aromatic rings. The number of hydrogen-bond donors (Lipinski definition) is 1. The van der Waals surface area contributed by atoms with Gasteiger partial charge in [-0.05, 0) is 19.1 Å². The minimum absolute atomic E-state index is 0.0453. The monoisotopic (exact) mass is 274 g/mol. The number of unbranched alkanes of at least 4 members (excludes halogenated alkanes) is 1. The lowest BCUT2D eigenvalue weighted by atomic mass is 10.4. The van der Waals surface area contributed by atoms with Crippen LogP contribution < -0.4 is 5.43 Å². The van der Waals surface area contributed by atoms with Gasteiger partial charge >= 0.3 is 0 Å². The van der Waals surface area contributed by atoms with Crippen LogP contribution >= 0.6 is 23.5 Å². The molecule has 1 rings (SSSR count). The van der Waals surface area contributed by atoms with Gasteiger partial charge in [0.15, 0.2) is 5.78 Å². The molecule has 1 N–H and O–H groups in total. The van der Waals surface area contributed by atoms with E-state index in [1.54, 1.807) is 29.9 Å². The second kappa shape index (κ2) is 6.96. The first-order valence-electron chi connectivity index (χ1n) is 5.61. The highest BCUT2D eigenvalue weighted by Gasteiger charge is 2.28. The molecule has 0 aromatic carbocycles. The molecule has 1 aliphatic rings. The lowest BCUT2D eigenvalue weighted by Gasteiger charge is -2.23. The number of Topliss-reactive ketones (excluding diaryl/α,β-unsaturated/α-hetero) is 1. The van der Waals surface area contributed by atoms with Crippen molar-refractivity contribution in [3.63, 3.8) is 0 Å². The molecule has 0 saturated carbocycles. The number of amides is 1. The number of carbonyl (C=O) groups excluding carboxylic acids is 2. The molecule has 0 spiro atoms. The normalized spacial score (nSPS) is 19.1. The SMILES string of the molecule is CCCCSC1SC(C(C)=O)=CN1NC(C)=O. The first-order chi connectivity index (χ1) is 8.04. The van der Waals surface area contributed by atoms with Gasteiger partial charge in [-0.25, -0.2) is 0 Å². The Morgan fingerprint density at radius 1 is 1.53 bits per heavy atom. The highest BCUT2D eigenvalue weighted by molar-refractivity contribution is 8.19. The Bertz CT molecular complexity index is 331. The molecule has 0 fully saturated rings. The van der Waals surface area contributed by atoms with Crippen molar-refractivity contribution >= 4 is 35.2 Å². The molecule has 1 heterocycles. The lowest BCUT2D eigenvalue weighted by molar-refractivity contribution is -0.122. The van der Waals surface area contributed by atoms with E-state index in [-0.39, 0.29) is 16.4 Å². The second-order valence-electron chi connectivity index (χ2n) is 3.77. The van der Waals surface area contributed by atoms with Crippen molar-refractivity contribution in [2.45, 2.75) is 38.3 Å². The van der Waals surface area contributed by atoms with Gasteiger partial charge in [-0.3, -0.25) is 20.0 Å². The smallest absolute Gasteiger partial charge is 0.235 e. The number of thioether (sulfide) groups is 2. The predicted molar refractivity (Wildman–Crippen MR) is 73.2 cm³/mol. The maximum absolute atomic E-state index is 11.3. The summed E-state index contributed by atoms with van der Waals surface area (Å²) in [5, 5.41) is 1.73. The van der Waals surface area contributed by atoms with E-state index in [2.05, 4.69) is 12.3 Å². The number of hydrogen-bond acceptors (Lipinski definition) is 5. The summed E-state index contributed by atoms with van der Waals surface area (Å²) >= 11 is 3.25. The van der Waals surface area contributed by atoms with Crippen molar-refractivity contribution in [2.24, 2.45) is 0 Å². The maximum Gasteiger partial charge on any atom is 0.235 e.